The number of imidazole rings is 1. The fourth-order valence-electron chi connectivity index (χ4n) is 4.89. The summed E-state index contributed by atoms with van der Waals surface area (Å²) in [5, 5.41) is 14.6. The molecule has 2 N–H and O–H groups in total. The van der Waals surface area contributed by atoms with Crippen molar-refractivity contribution in [1.82, 2.24) is 39.7 Å². The highest BCUT2D eigenvalue weighted by molar-refractivity contribution is 6.31. The molecule has 0 spiro atoms. The summed E-state index contributed by atoms with van der Waals surface area (Å²) in [6, 6.07) is 12.2. The Hall–Kier alpha value is -4.84. The third kappa shape index (κ3) is 4.55. The van der Waals surface area contributed by atoms with E-state index in [2.05, 4.69) is 35.5 Å². The zero-order valence-corrected chi connectivity index (χ0v) is 21.7. The number of methoxy groups -OCH3 is 1. The molecule has 6 rings (SSSR count). The van der Waals surface area contributed by atoms with E-state index in [1.165, 1.54) is 19.6 Å². The molecule has 4 aromatic heterocycles. The van der Waals surface area contributed by atoms with Gasteiger partial charge in [0, 0.05) is 28.0 Å². The number of aromatic nitrogens is 8. The molecule has 13 heteroatoms. The average molecular weight is 544 g/mol. The Balaban J connectivity index is 1.33. The van der Waals surface area contributed by atoms with Crippen molar-refractivity contribution in [3.63, 3.8) is 0 Å². The number of aromatic amines is 1. The monoisotopic (exact) mass is 543 g/mol. The van der Waals surface area contributed by atoms with E-state index in [1.807, 2.05) is 19.1 Å². The molecule has 0 saturated carbocycles. The van der Waals surface area contributed by atoms with E-state index < -0.39 is 6.09 Å². The van der Waals surface area contributed by atoms with E-state index in [4.69, 9.17) is 16.6 Å². The Morgan fingerprint density at radius 2 is 2.08 bits per heavy atom. The van der Waals surface area contributed by atoms with Gasteiger partial charge < -0.3 is 14.3 Å². The van der Waals surface area contributed by atoms with Crippen molar-refractivity contribution >= 4 is 23.4 Å². The van der Waals surface area contributed by atoms with E-state index in [9.17, 15) is 9.59 Å². The number of H-pyrrole nitrogens is 1. The van der Waals surface area contributed by atoms with E-state index in [0.29, 0.717) is 34.3 Å². The molecule has 1 amide bonds. The lowest BCUT2D eigenvalue weighted by Gasteiger charge is -2.15. The molecule has 0 aliphatic carbocycles. The van der Waals surface area contributed by atoms with Crippen molar-refractivity contribution in [3.05, 3.63) is 87.6 Å². The first kappa shape index (κ1) is 24.5. The number of fused-ring (bicyclic) bond motifs is 1. The number of pyridine rings is 2. The number of anilines is 1. The van der Waals surface area contributed by atoms with Gasteiger partial charge in [-0.05, 0) is 72.2 Å². The highest BCUT2D eigenvalue weighted by atomic mass is 35.5. The number of nitrogens with one attached hydrogen (secondary N) is 2. The van der Waals surface area contributed by atoms with Gasteiger partial charge in [-0.15, -0.1) is 5.10 Å². The summed E-state index contributed by atoms with van der Waals surface area (Å²) in [7, 11) is 1.30. The van der Waals surface area contributed by atoms with Crippen molar-refractivity contribution in [1.29, 1.82) is 0 Å². The molecule has 0 radical (unpaired) electrons. The Bertz CT molecular complexity index is 1740. The van der Waals surface area contributed by atoms with Crippen LogP contribution < -0.4 is 10.9 Å². The number of aryl methyl sites for hydroxylation is 2. The van der Waals surface area contributed by atoms with Gasteiger partial charge in [-0.25, -0.2) is 9.78 Å². The van der Waals surface area contributed by atoms with Crippen molar-refractivity contribution in [3.8, 4) is 28.2 Å². The molecule has 0 bridgehead atoms. The van der Waals surface area contributed by atoms with Crippen molar-refractivity contribution in [2.75, 3.05) is 12.4 Å². The summed E-state index contributed by atoms with van der Waals surface area (Å²) in [6.07, 6.45) is 3.89. The first-order chi connectivity index (χ1) is 18.9. The number of carbonyl (C=O) groups is 1. The number of ether oxygens (including phenoxy) is 1. The van der Waals surface area contributed by atoms with Gasteiger partial charge >= 0.3 is 6.09 Å². The largest absolute Gasteiger partial charge is 0.453 e. The number of hydrogen-bond donors (Lipinski definition) is 2. The molecule has 0 unspecified atom stereocenters. The Kier molecular flexibility index (Phi) is 6.15. The van der Waals surface area contributed by atoms with Crippen LogP contribution in [0.2, 0.25) is 5.02 Å². The second-order valence-corrected chi connectivity index (χ2v) is 9.49. The van der Waals surface area contributed by atoms with Crippen molar-refractivity contribution in [2.24, 2.45) is 0 Å². The fourth-order valence-corrected chi connectivity index (χ4v) is 5.06. The lowest BCUT2D eigenvalue weighted by Crippen LogP contribution is -2.24. The van der Waals surface area contributed by atoms with E-state index in [1.54, 1.807) is 39.6 Å². The molecule has 1 aliphatic rings. The highest BCUT2D eigenvalue weighted by Crippen LogP contribution is 2.35. The molecule has 12 nitrogen and oxygen atoms in total. The SMILES string of the molecule is COC(=O)Nc1ccc(-c2nc([C@@H]3CCc4cc(-c5cc(Cl)ccc5-n5cnnn5)cc(=O)n43)[nH]c2C)nc1. The van der Waals surface area contributed by atoms with Gasteiger partial charge in [-0.2, -0.15) is 4.68 Å². The van der Waals surface area contributed by atoms with Gasteiger partial charge in [-0.1, -0.05) is 11.6 Å². The van der Waals surface area contributed by atoms with E-state index in [0.717, 1.165) is 34.6 Å². The summed E-state index contributed by atoms with van der Waals surface area (Å²) in [4.78, 5) is 37.5. The fraction of sp³-hybridized carbons (Fsp3) is 0.192. The minimum atomic E-state index is -0.571. The van der Waals surface area contributed by atoms with Gasteiger partial charge in [0.1, 0.15) is 17.8 Å². The predicted octanol–water partition coefficient (Wildman–Crippen LogP) is 3.95. The number of halogens is 1. The highest BCUT2D eigenvalue weighted by Gasteiger charge is 2.29. The Morgan fingerprint density at radius 1 is 1.21 bits per heavy atom. The molecule has 5 heterocycles. The third-order valence-electron chi connectivity index (χ3n) is 6.66. The molecular formula is C26H22ClN9O3. The van der Waals surface area contributed by atoms with E-state index >= 15 is 0 Å². The van der Waals surface area contributed by atoms with Crippen LogP contribution in [0.1, 0.15) is 29.7 Å². The maximum Gasteiger partial charge on any atom is 0.411 e. The zero-order chi connectivity index (χ0) is 27.1. The number of amides is 1. The van der Waals surface area contributed by atoms with Crippen LogP contribution in [0.5, 0.6) is 0 Å². The van der Waals surface area contributed by atoms with E-state index in [-0.39, 0.29) is 11.6 Å². The zero-order valence-electron chi connectivity index (χ0n) is 20.9. The molecule has 1 aliphatic heterocycles. The average Bonchev–Trinajstić information content (AvgIpc) is 3.69. The summed E-state index contributed by atoms with van der Waals surface area (Å²) < 4.78 is 7.93. The quantitative estimate of drug-likeness (QED) is 0.339. The molecule has 0 saturated heterocycles. The Labute approximate surface area is 226 Å². The van der Waals surface area contributed by atoms with Crippen molar-refractivity contribution < 1.29 is 9.53 Å². The topological polar surface area (TPSA) is 146 Å². The molecule has 5 aromatic rings. The van der Waals surface area contributed by atoms with Crippen LogP contribution in [0, 0.1) is 6.92 Å². The summed E-state index contributed by atoms with van der Waals surface area (Å²) in [5.74, 6) is 0.687. The first-order valence-corrected chi connectivity index (χ1v) is 12.5. The van der Waals surface area contributed by atoms with Crippen LogP contribution in [-0.4, -0.2) is 52.9 Å². The number of hydrogen-bond acceptors (Lipinski definition) is 8. The maximum atomic E-state index is 13.5. The molecule has 39 heavy (non-hydrogen) atoms. The lowest BCUT2D eigenvalue weighted by atomic mass is 10.0. The predicted molar refractivity (Wildman–Crippen MR) is 143 cm³/mol. The van der Waals surface area contributed by atoms with Crippen LogP contribution >= 0.6 is 11.6 Å². The molecule has 196 valence electrons. The van der Waals surface area contributed by atoms with Gasteiger partial charge in [0.25, 0.3) is 5.56 Å². The lowest BCUT2D eigenvalue weighted by molar-refractivity contribution is 0.187. The van der Waals surface area contributed by atoms with Gasteiger partial charge in [0.2, 0.25) is 0 Å². The van der Waals surface area contributed by atoms with Crippen LogP contribution in [0.4, 0.5) is 10.5 Å². The van der Waals surface area contributed by atoms with Crippen LogP contribution in [0.15, 0.2) is 59.8 Å². The second-order valence-electron chi connectivity index (χ2n) is 9.06. The minimum absolute atomic E-state index is 0.139. The smallest absolute Gasteiger partial charge is 0.411 e. The number of benzene rings is 1. The van der Waals surface area contributed by atoms with Crippen LogP contribution in [-0.2, 0) is 11.2 Å². The summed E-state index contributed by atoms with van der Waals surface area (Å²) in [6.45, 7) is 1.91. The van der Waals surface area contributed by atoms with Gasteiger partial charge in [0.15, 0.2) is 0 Å². The summed E-state index contributed by atoms with van der Waals surface area (Å²) >= 11 is 6.31. The third-order valence-corrected chi connectivity index (χ3v) is 6.89. The first-order valence-electron chi connectivity index (χ1n) is 12.1. The number of tetrazole rings is 1. The number of nitrogens with zero attached hydrogens (tertiary/aromatic N) is 7. The maximum absolute atomic E-state index is 13.5. The standard InChI is InChI=1S/C26H22ClN9O3/c1-14-24(20-6-4-17(12-28-20)31-26(38)39-2)32-25(30-14)22-8-5-18-9-15(10-23(37)36(18)22)19-11-16(27)3-7-21(19)35-13-29-33-34-35/h3-4,6-7,9-13,22H,5,8H2,1-2H3,(H,30,32)(H,31,38)/t22-/m0/s1. The van der Waals surface area contributed by atoms with Gasteiger partial charge in [0.05, 0.1) is 36.4 Å². The molecule has 0 fully saturated rings. The van der Waals surface area contributed by atoms with Crippen molar-refractivity contribution in [2.45, 2.75) is 25.8 Å². The normalized spacial score (nSPS) is 14.3. The van der Waals surface area contributed by atoms with Gasteiger partial charge in [-0.3, -0.25) is 15.1 Å². The summed E-state index contributed by atoms with van der Waals surface area (Å²) in [5.41, 5.74) is 5.63. The molecule has 1 atom stereocenters. The van der Waals surface area contributed by atoms with Crippen LogP contribution in [0.3, 0.4) is 0 Å². The molecule has 1 aromatic carbocycles. The number of carbonyl (C=O) groups excluding carboxylic acids is 1. The second kappa shape index (κ2) is 9.80. The Morgan fingerprint density at radius 3 is 2.82 bits per heavy atom. The molecular weight excluding hydrogens is 522 g/mol. The van der Waals surface area contributed by atoms with Crippen LogP contribution in [0.25, 0.3) is 28.2 Å². The minimum Gasteiger partial charge on any atom is -0.453 e. The number of rotatable bonds is 5.